The maximum atomic E-state index is 11.3. The molecule has 0 radical (unpaired) electrons. The van der Waals surface area contributed by atoms with Crippen molar-refractivity contribution in [3.63, 3.8) is 0 Å². The summed E-state index contributed by atoms with van der Waals surface area (Å²) < 4.78 is 0. The second-order valence-corrected chi connectivity index (χ2v) is 5.96. The molecule has 0 atom stereocenters. The molecular weight excluding hydrogens is 282 g/mol. The molecule has 114 valence electrons. The molecule has 0 heterocycles. The van der Waals surface area contributed by atoms with Crippen LogP contribution in [0.25, 0.3) is 0 Å². The molecule has 3 amide bonds. The van der Waals surface area contributed by atoms with Gasteiger partial charge in [-0.15, -0.1) is 11.8 Å². The van der Waals surface area contributed by atoms with Gasteiger partial charge in [0.15, 0.2) is 0 Å². The predicted octanol–water partition coefficient (Wildman–Crippen LogP) is -0.934. The summed E-state index contributed by atoms with van der Waals surface area (Å²) in [5, 5.41) is 7.48. The average Bonchev–Trinajstić information content (AvgIpc) is 2.37. The molecule has 0 bridgehead atoms. The van der Waals surface area contributed by atoms with Gasteiger partial charge in [-0.3, -0.25) is 19.2 Å². The molecule has 0 spiro atoms. The van der Waals surface area contributed by atoms with E-state index in [0.717, 1.165) is 0 Å². The van der Waals surface area contributed by atoms with E-state index in [1.807, 2.05) is 13.8 Å². The van der Waals surface area contributed by atoms with E-state index >= 15 is 0 Å². The number of carbonyl (C=O) groups is 4. The minimum atomic E-state index is -0.453. The zero-order chi connectivity index (χ0) is 15.5. The van der Waals surface area contributed by atoms with Crippen LogP contribution in [0.4, 0.5) is 0 Å². The first-order valence-corrected chi connectivity index (χ1v) is 7.27. The van der Waals surface area contributed by atoms with Crippen molar-refractivity contribution in [2.24, 2.45) is 0 Å². The molecule has 0 fully saturated rings. The highest BCUT2D eigenvalue weighted by molar-refractivity contribution is 8.00. The summed E-state index contributed by atoms with van der Waals surface area (Å²) in [5.74, 6) is -0.995. The number of nitrogens with one attached hydrogen (secondary N) is 3. The fourth-order valence-electron chi connectivity index (χ4n) is 0.999. The molecule has 0 aromatic carbocycles. The number of hydrogen-bond donors (Lipinski definition) is 3. The van der Waals surface area contributed by atoms with Gasteiger partial charge in [0, 0.05) is 0 Å². The van der Waals surface area contributed by atoms with Crippen molar-refractivity contribution in [3.8, 4) is 0 Å². The first kappa shape index (κ1) is 18.4. The Morgan fingerprint density at radius 1 is 0.850 bits per heavy atom. The van der Waals surface area contributed by atoms with Gasteiger partial charge in [-0.25, -0.2) is 0 Å². The van der Waals surface area contributed by atoms with Gasteiger partial charge in [-0.1, -0.05) is 13.8 Å². The standard InChI is InChI=1S/C12H21N3O4S/c1-8(2)20-7-12(19)15-6-11(18)14-5-10(17)13-4-9(3)16/h8H,4-7H2,1-3H3,(H,13,17)(H,14,18)(H,15,19). The van der Waals surface area contributed by atoms with Crippen molar-refractivity contribution in [1.82, 2.24) is 16.0 Å². The zero-order valence-corrected chi connectivity index (χ0v) is 12.8. The Morgan fingerprint density at radius 3 is 1.75 bits per heavy atom. The lowest BCUT2D eigenvalue weighted by Gasteiger charge is -2.08. The highest BCUT2D eigenvalue weighted by atomic mass is 32.2. The number of amides is 3. The van der Waals surface area contributed by atoms with Crippen LogP contribution in [0.3, 0.4) is 0 Å². The van der Waals surface area contributed by atoms with E-state index in [1.165, 1.54) is 18.7 Å². The third-order valence-electron chi connectivity index (χ3n) is 1.97. The molecule has 0 aromatic rings. The number of Topliss-reactive ketones (excluding diaryl/α,β-unsaturated/α-hetero) is 1. The summed E-state index contributed by atoms with van der Waals surface area (Å²) in [6.45, 7) is 4.86. The Morgan fingerprint density at radius 2 is 1.30 bits per heavy atom. The smallest absolute Gasteiger partial charge is 0.239 e. The monoisotopic (exact) mass is 303 g/mol. The Hall–Kier alpha value is -1.57. The van der Waals surface area contributed by atoms with E-state index in [1.54, 1.807) is 0 Å². The lowest BCUT2D eigenvalue weighted by molar-refractivity contribution is -0.127. The number of carbonyl (C=O) groups excluding carboxylic acids is 4. The number of hydrogen-bond acceptors (Lipinski definition) is 5. The van der Waals surface area contributed by atoms with Gasteiger partial charge >= 0.3 is 0 Å². The lowest BCUT2D eigenvalue weighted by Crippen LogP contribution is -2.43. The molecule has 8 heteroatoms. The van der Waals surface area contributed by atoms with E-state index in [2.05, 4.69) is 16.0 Å². The molecule has 0 aliphatic rings. The van der Waals surface area contributed by atoms with Crippen LogP contribution in [-0.4, -0.2) is 54.1 Å². The van der Waals surface area contributed by atoms with E-state index in [0.29, 0.717) is 11.0 Å². The molecule has 20 heavy (non-hydrogen) atoms. The van der Waals surface area contributed by atoms with Gasteiger partial charge in [0.2, 0.25) is 17.7 Å². The third-order valence-corrected chi connectivity index (χ3v) is 3.07. The van der Waals surface area contributed by atoms with E-state index in [4.69, 9.17) is 0 Å². The van der Waals surface area contributed by atoms with Crippen LogP contribution in [0.1, 0.15) is 20.8 Å². The van der Waals surface area contributed by atoms with Crippen molar-refractivity contribution in [1.29, 1.82) is 0 Å². The topological polar surface area (TPSA) is 104 Å². The van der Waals surface area contributed by atoms with Crippen LogP contribution in [0.5, 0.6) is 0 Å². The summed E-state index contributed by atoms with van der Waals surface area (Å²) in [7, 11) is 0. The van der Waals surface area contributed by atoms with Crippen LogP contribution in [0, 0.1) is 0 Å². The third kappa shape index (κ3) is 11.5. The molecule has 0 saturated heterocycles. The van der Waals surface area contributed by atoms with Gasteiger partial charge in [-0.2, -0.15) is 0 Å². The summed E-state index contributed by atoms with van der Waals surface area (Å²) in [6, 6.07) is 0. The predicted molar refractivity (Wildman–Crippen MR) is 77.3 cm³/mol. The van der Waals surface area contributed by atoms with Gasteiger partial charge in [0.1, 0.15) is 5.78 Å². The van der Waals surface area contributed by atoms with Crippen molar-refractivity contribution >= 4 is 35.3 Å². The minimum absolute atomic E-state index is 0.0577. The largest absolute Gasteiger partial charge is 0.348 e. The molecule has 0 rings (SSSR count). The van der Waals surface area contributed by atoms with Crippen molar-refractivity contribution in [2.75, 3.05) is 25.4 Å². The number of ketones is 1. The maximum Gasteiger partial charge on any atom is 0.239 e. The van der Waals surface area contributed by atoms with Crippen LogP contribution in [-0.2, 0) is 19.2 Å². The number of thioether (sulfide) groups is 1. The summed E-state index contributed by atoms with van der Waals surface area (Å²) in [5.41, 5.74) is 0. The molecule has 7 nitrogen and oxygen atoms in total. The average molecular weight is 303 g/mol. The van der Waals surface area contributed by atoms with Gasteiger partial charge < -0.3 is 16.0 Å². The van der Waals surface area contributed by atoms with E-state index in [-0.39, 0.29) is 31.3 Å². The zero-order valence-electron chi connectivity index (χ0n) is 11.9. The normalized spacial score (nSPS) is 10.0. The first-order valence-electron chi connectivity index (χ1n) is 6.22. The highest BCUT2D eigenvalue weighted by Crippen LogP contribution is 2.07. The van der Waals surface area contributed by atoms with Crippen LogP contribution in [0.15, 0.2) is 0 Å². The van der Waals surface area contributed by atoms with Crippen molar-refractivity contribution in [2.45, 2.75) is 26.0 Å². The minimum Gasteiger partial charge on any atom is -0.348 e. The quantitative estimate of drug-likeness (QED) is 0.510. The number of rotatable bonds is 9. The van der Waals surface area contributed by atoms with E-state index in [9.17, 15) is 19.2 Å². The Kier molecular flexibility index (Phi) is 9.44. The Labute approximate surface area is 122 Å². The summed E-state index contributed by atoms with van der Waals surface area (Å²) in [6.07, 6.45) is 0. The van der Waals surface area contributed by atoms with E-state index < -0.39 is 11.8 Å². The lowest BCUT2D eigenvalue weighted by atomic mass is 10.4. The maximum absolute atomic E-state index is 11.3. The fourth-order valence-corrected chi connectivity index (χ4v) is 1.59. The molecular formula is C12H21N3O4S. The second kappa shape index (κ2) is 10.2. The second-order valence-electron chi connectivity index (χ2n) is 4.39. The van der Waals surface area contributed by atoms with Crippen molar-refractivity contribution in [3.05, 3.63) is 0 Å². The van der Waals surface area contributed by atoms with Gasteiger partial charge in [0.05, 0.1) is 25.4 Å². The van der Waals surface area contributed by atoms with Crippen LogP contribution in [0.2, 0.25) is 0 Å². The summed E-state index contributed by atoms with van der Waals surface area (Å²) in [4.78, 5) is 44.5. The van der Waals surface area contributed by atoms with Gasteiger partial charge in [0.25, 0.3) is 0 Å². The first-order chi connectivity index (χ1) is 9.31. The van der Waals surface area contributed by atoms with Crippen LogP contribution < -0.4 is 16.0 Å². The molecule has 0 aliphatic heterocycles. The summed E-state index contributed by atoms with van der Waals surface area (Å²) >= 11 is 1.48. The highest BCUT2D eigenvalue weighted by Gasteiger charge is 2.08. The molecule has 0 aromatic heterocycles. The fraction of sp³-hybridized carbons (Fsp3) is 0.667. The van der Waals surface area contributed by atoms with Crippen LogP contribution >= 0.6 is 11.8 Å². The Bertz CT molecular complexity index is 372. The molecule has 0 unspecified atom stereocenters. The molecule has 3 N–H and O–H groups in total. The van der Waals surface area contributed by atoms with Crippen molar-refractivity contribution < 1.29 is 19.2 Å². The SMILES string of the molecule is CC(=O)CNC(=O)CNC(=O)CNC(=O)CSC(C)C. The Balaban J connectivity index is 3.70. The molecule has 0 saturated carbocycles. The van der Waals surface area contributed by atoms with Gasteiger partial charge in [-0.05, 0) is 12.2 Å². The molecule has 0 aliphatic carbocycles.